The number of fused-ring (bicyclic) bond motifs is 3. The Morgan fingerprint density at radius 3 is 2.00 bits per heavy atom. The second-order valence-electron chi connectivity index (χ2n) is 9.70. The number of carbonyl (C=O) groups is 3. The van der Waals surface area contributed by atoms with Crippen molar-refractivity contribution in [3.8, 4) is 11.1 Å². The van der Waals surface area contributed by atoms with Crippen LogP contribution in [0.2, 0.25) is 0 Å². The van der Waals surface area contributed by atoms with Crippen LogP contribution in [0.5, 0.6) is 0 Å². The summed E-state index contributed by atoms with van der Waals surface area (Å²) in [7, 11) is 0. The van der Waals surface area contributed by atoms with Gasteiger partial charge in [-0.05, 0) is 34.1 Å². The summed E-state index contributed by atoms with van der Waals surface area (Å²) in [6.07, 6.45) is -0.608. The predicted molar refractivity (Wildman–Crippen MR) is 127 cm³/mol. The van der Waals surface area contributed by atoms with E-state index in [0.29, 0.717) is 0 Å². The fraction of sp³-hybridized carbons (Fsp3) is 0.423. The average Bonchev–Trinajstić information content (AvgIpc) is 3.09. The van der Waals surface area contributed by atoms with Crippen molar-refractivity contribution in [2.75, 3.05) is 13.2 Å². The van der Waals surface area contributed by atoms with Gasteiger partial charge in [0.15, 0.2) is 0 Å². The first-order valence-electron chi connectivity index (χ1n) is 11.4. The number of amides is 2. The smallest absolute Gasteiger partial charge is 0.407 e. The monoisotopic (exact) mass is 468 g/mol. The summed E-state index contributed by atoms with van der Waals surface area (Å²) < 4.78 is 5.55. The van der Waals surface area contributed by atoms with Crippen molar-refractivity contribution < 1.29 is 29.3 Å². The molecule has 34 heavy (non-hydrogen) atoms. The van der Waals surface area contributed by atoms with Crippen molar-refractivity contribution in [3.05, 3.63) is 59.7 Å². The van der Waals surface area contributed by atoms with Gasteiger partial charge < -0.3 is 25.6 Å². The largest absolute Gasteiger partial charge is 0.480 e. The molecule has 0 fully saturated rings. The summed E-state index contributed by atoms with van der Waals surface area (Å²) in [5.41, 5.74) is 4.05. The van der Waals surface area contributed by atoms with Crippen LogP contribution in [0, 0.1) is 5.41 Å². The Morgan fingerprint density at radius 2 is 1.50 bits per heavy atom. The third-order valence-corrected chi connectivity index (χ3v) is 5.80. The summed E-state index contributed by atoms with van der Waals surface area (Å²) in [6.45, 7) is 5.45. The third kappa shape index (κ3) is 6.14. The first-order chi connectivity index (χ1) is 16.1. The van der Waals surface area contributed by atoms with Crippen molar-refractivity contribution in [1.29, 1.82) is 0 Å². The van der Waals surface area contributed by atoms with Crippen LogP contribution in [0.4, 0.5) is 4.79 Å². The number of benzene rings is 2. The van der Waals surface area contributed by atoms with Crippen LogP contribution in [0.3, 0.4) is 0 Å². The molecule has 0 aromatic heterocycles. The van der Waals surface area contributed by atoms with E-state index in [1.165, 1.54) is 0 Å². The molecule has 182 valence electrons. The van der Waals surface area contributed by atoms with Crippen LogP contribution in [0.1, 0.15) is 50.7 Å². The topological polar surface area (TPSA) is 125 Å². The Morgan fingerprint density at radius 1 is 0.941 bits per heavy atom. The zero-order valence-electron chi connectivity index (χ0n) is 19.7. The van der Waals surface area contributed by atoms with Crippen LogP contribution in [-0.2, 0) is 14.3 Å². The Bertz CT molecular complexity index is 1000. The number of aliphatic carboxylic acids is 1. The molecule has 1 unspecified atom stereocenters. The van der Waals surface area contributed by atoms with Crippen molar-refractivity contribution in [2.45, 2.75) is 51.6 Å². The molecule has 0 spiro atoms. The second-order valence-corrected chi connectivity index (χ2v) is 9.70. The highest BCUT2D eigenvalue weighted by molar-refractivity contribution is 5.89. The molecule has 0 heterocycles. The molecule has 8 nitrogen and oxygen atoms in total. The van der Waals surface area contributed by atoms with E-state index >= 15 is 0 Å². The first-order valence-corrected chi connectivity index (χ1v) is 11.4. The van der Waals surface area contributed by atoms with Crippen molar-refractivity contribution in [3.63, 3.8) is 0 Å². The van der Waals surface area contributed by atoms with Gasteiger partial charge in [-0.1, -0.05) is 69.3 Å². The summed E-state index contributed by atoms with van der Waals surface area (Å²) in [4.78, 5) is 36.9. The van der Waals surface area contributed by atoms with Gasteiger partial charge in [0.2, 0.25) is 5.91 Å². The molecular formula is C26H32N2O6. The Hall–Kier alpha value is -3.39. The number of hydrogen-bond acceptors (Lipinski definition) is 5. The molecule has 2 amide bonds. The zero-order chi connectivity index (χ0) is 24.9. The molecule has 4 N–H and O–H groups in total. The summed E-state index contributed by atoms with van der Waals surface area (Å²) in [6, 6.07) is 13.7. The van der Waals surface area contributed by atoms with Crippen LogP contribution >= 0.6 is 0 Å². The normalized spacial score (nSPS) is 14.5. The Kier molecular flexibility index (Phi) is 7.94. The maximum Gasteiger partial charge on any atom is 0.407 e. The molecule has 0 saturated heterocycles. The van der Waals surface area contributed by atoms with Crippen LogP contribution in [0.25, 0.3) is 11.1 Å². The molecule has 2 aromatic carbocycles. The number of carboxylic acids is 1. The van der Waals surface area contributed by atoms with Crippen molar-refractivity contribution in [2.24, 2.45) is 5.41 Å². The van der Waals surface area contributed by atoms with Gasteiger partial charge in [0.1, 0.15) is 18.7 Å². The number of ether oxygens (including phenoxy) is 1. The van der Waals surface area contributed by atoms with Gasteiger partial charge >= 0.3 is 12.1 Å². The summed E-state index contributed by atoms with van der Waals surface area (Å²) in [5.74, 6) is -2.00. The molecule has 1 aliphatic rings. The van der Waals surface area contributed by atoms with E-state index in [-0.39, 0.29) is 37.4 Å². The molecule has 2 aromatic rings. The Labute approximate surface area is 199 Å². The van der Waals surface area contributed by atoms with E-state index in [1.807, 2.05) is 69.3 Å². The maximum atomic E-state index is 12.8. The fourth-order valence-electron chi connectivity index (χ4n) is 4.26. The highest BCUT2D eigenvalue weighted by atomic mass is 16.5. The molecule has 0 aliphatic heterocycles. The van der Waals surface area contributed by atoms with Gasteiger partial charge in [0, 0.05) is 18.9 Å². The lowest BCUT2D eigenvalue weighted by Gasteiger charge is -2.27. The van der Waals surface area contributed by atoms with Crippen molar-refractivity contribution >= 4 is 18.0 Å². The lowest BCUT2D eigenvalue weighted by atomic mass is 9.87. The van der Waals surface area contributed by atoms with Gasteiger partial charge in [-0.2, -0.15) is 0 Å². The zero-order valence-corrected chi connectivity index (χ0v) is 19.7. The maximum absolute atomic E-state index is 12.8. The average molecular weight is 469 g/mol. The molecular weight excluding hydrogens is 436 g/mol. The molecule has 0 radical (unpaired) electrons. The van der Waals surface area contributed by atoms with E-state index in [9.17, 15) is 19.5 Å². The highest BCUT2D eigenvalue weighted by Crippen LogP contribution is 2.44. The number of carboxylic acid groups (broad SMARTS) is 1. The van der Waals surface area contributed by atoms with Gasteiger partial charge in [0.25, 0.3) is 0 Å². The molecule has 8 heteroatoms. The highest BCUT2D eigenvalue weighted by Gasteiger charge is 2.32. The fourth-order valence-corrected chi connectivity index (χ4v) is 4.26. The molecule has 0 bridgehead atoms. The number of rotatable bonds is 9. The number of aliphatic hydroxyl groups is 1. The molecule has 3 rings (SSSR count). The lowest BCUT2D eigenvalue weighted by Crippen LogP contribution is -2.53. The predicted octanol–water partition coefficient (Wildman–Crippen LogP) is 3.28. The number of nitrogens with one attached hydrogen (secondary N) is 2. The second kappa shape index (κ2) is 10.7. The number of carbonyl (C=O) groups excluding carboxylic acids is 2. The van der Waals surface area contributed by atoms with E-state index < -0.39 is 30.1 Å². The van der Waals surface area contributed by atoms with Crippen LogP contribution in [-0.4, -0.2) is 53.5 Å². The van der Waals surface area contributed by atoms with E-state index in [1.54, 1.807) is 0 Å². The SMILES string of the molecule is CC(C)(C)CC(NC(=O)OCC1c2ccccc2-c2ccccc21)C(=O)N[C@H](CCO)C(=O)O. The van der Waals surface area contributed by atoms with E-state index in [0.717, 1.165) is 22.3 Å². The number of aliphatic hydroxyl groups excluding tert-OH is 1. The Balaban J connectivity index is 1.69. The molecule has 2 atom stereocenters. The lowest BCUT2D eigenvalue weighted by molar-refractivity contribution is -0.142. The third-order valence-electron chi connectivity index (χ3n) is 5.80. The first kappa shape index (κ1) is 25.2. The van der Waals surface area contributed by atoms with E-state index in [4.69, 9.17) is 9.84 Å². The van der Waals surface area contributed by atoms with Gasteiger partial charge in [0.05, 0.1) is 0 Å². The standard InChI is InChI=1S/C26H32N2O6/c1-26(2,3)14-22(23(30)27-21(12-13-29)24(31)32)28-25(33)34-15-20-18-10-6-4-8-16(18)17-9-5-7-11-19(17)20/h4-11,20-22,29H,12-15H2,1-3H3,(H,27,30)(H,28,33)(H,31,32)/t21-,22?/m1/s1. The minimum atomic E-state index is -1.25. The minimum absolute atomic E-state index is 0.103. The quantitative estimate of drug-likeness (QED) is 0.448. The molecule has 0 saturated carbocycles. The number of alkyl carbamates (subject to hydrolysis) is 1. The van der Waals surface area contributed by atoms with Crippen LogP contribution in [0.15, 0.2) is 48.5 Å². The van der Waals surface area contributed by atoms with Gasteiger partial charge in [-0.3, -0.25) is 4.79 Å². The van der Waals surface area contributed by atoms with Crippen molar-refractivity contribution in [1.82, 2.24) is 10.6 Å². The minimum Gasteiger partial charge on any atom is -0.480 e. The summed E-state index contributed by atoms with van der Waals surface area (Å²) >= 11 is 0. The van der Waals surface area contributed by atoms with Crippen LogP contribution < -0.4 is 10.6 Å². The van der Waals surface area contributed by atoms with Gasteiger partial charge in [-0.25, -0.2) is 9.59 Å². The number of hydrogen-bond donors (Lipinski definition) is 4. The summed E-state index contributed by atoms with van der Waals surface area (Å²) in [5, 5.41) is 23.4. The van der Waals surface area contributed by atoms with Gasteiger partial charge in [-0.15, -0.1) is 0 Å². The van der Waals surface area contributed by atoms with E-state index in [2.05, 4.69) is 10.6 Å². The molecule has 1 aliphatic carbocycles.